The van der Waals surface area contributed by atoms with Crippen molar-refractivity contribution in [3.63, 3.8) is 0 Å². The van der Waals surface area contributed by atoms with E-state index in [4.69, 9.17) is 9.47 Å². The number of rotatable bonds is 7. The van der Waals surface area contributed by atoms with Gasteiger partial charge in [0.25, 0.3) is 11.8 Å². The maximum absolute atomic E-state index is 13.9. The van der Waals surface area contributed by atoms with Gasteiger partial charge in [-0.05, 0) is 29.8 Å². The molecule has 1 heterocycles. The number of carbonyl (C=O) groups excluding carboxylic acids is 2. The molecular weight excluding hydrogens is 442 g/mol. The van der Waals surface area contributed by atoms with Gasteiger partial charge >= 0.3 is 0 Å². The van der Waals surface area contributed by atoms with Crippen LogP contribution in [0.4, 0.5) is 8.78 Å². The molecule has 0 saturated carbocycles. The second kappa shape index (κ2) is 10.8. The molecule has 0 aromatic heterocycles. The summed E-state index contributed by atoms with van der Waals surface area (Å²) in [6, 6.07) is 20.1. The van der Waals surface area contributed by atoms with Crippen LogP contribution in [0.1, 0.15) is 15.9 Å². The van der Waals surface area contributed by atoms with E-state index in [1.165, 1.54) is 11.0 Å². The summed E-state index contributed by atoms with van der Waals surface area (Å²) in [5, 5.41) is 0. The minimum absolute atomic E-state index is 0.176. The zero-order chi connectivity index (χ0) is 23.9. The molecule has 176 valence electrons. The lowest BCUT2D eigenvalue weighted by atomic mass is 10.1. The monoisotopic (exact) mass is 466 g/mol. The molecule has 34 heavy (non-hydrogen) atoms. The topological polar surface area (TPSA) is 59.1 Å². The first-order valence-electron chi connectivity index (χ1n) is 10.9. The second-order valence-corrected chi connectivity index (χ2v) is 7.78. The standard InChI is InChI=1S/C26H24F2N2O4/c27-20-9-6-10-21(28)25(20)26(32)30-15-13-29(14-16-30)24(31)18-34-23-12-5-4-11-22(23)33-17-19-7-2-1-3-8-19/h1-12H,13-18H2. The zero-order valence-electron chi connectivity index (χ0n) is 18.5. The Kier molecular flexibility index (Phi) is 7.37. The van der Waals surface area contributed by atoms with Gasteiger partial charge in [0.05, 0.1) is 0 Å². The summed E-state index contributed by atoms with van der Waals surface area (Å²) in [5.41, 5.74) is 0.439. The Hall–Kier alpha value is -3.94. The summed E-state index contributed by atoms with van der Waals surface area (Å²) >= 11 is 0. The fourth-order valence-electron chi connectivity index (χ4n) is 3.67. The Balaban J connectivity index is 1.29. The third-order valence-corrected chi connectivity index (χ3v) is 5.53. The van der Waals surface area contributed by atoms with Crippen molar-refractivity contribution in [2.75, 3.05) is 32.8 Å². The Bertz CT molecular complexity index is 1130. The minimum atomic E-state index is -0.898. The maximum Gasteiger partial charge on any atom is 0.260 e. The van der Waals surface area contributed by atoms with E-state index in [1.807, 2.05) is 36.4 Å². The van der Waals surface area contributed by atoms with E-state index in [-0.39, 0.29) is 38.7 Å². The van der Waals surface area contributed by atoms with E-state index in [0.717, 1.165) is 17.7 Å². The summed E-state index contributed by atoms with van der Waals surface area (Å²) in [7, 11) is 0. The van der Waals surface area contributed by atoms with Crippen LogP contribution in [-0.2, 0) is 11.4 Å². The van der Waals surface area contributed by atoms with Crippen molar-refractivity contribution in [2.45, 2.75) is 6.61 Å². The summed E-state index contributed by atoms with van der Waals surface area (Å²) in [5.74, 6) is -1.78. The highest BCUT2D eigenvalue weighted by molar-refractivity contribution is 5.95. The first kappa shape index (κ1) is 23.2. The average molecular weight is 466 g/mol. The van der Waals surface area contributed by atoms with Gasteiger partial charge in [-0.1, -0.05) is 48.5 Å². The molecule has 8 heteroatoms. The van der Waals surface area contributed by atoms with Crippen molar-refractivity contribution in [3.8, 4) is 11.5 Å². The number of nitrogens with zero attached hydrogens (tertiary/aromatic N) is 2. The molecule has 3 aromatic carbocycles. The largest absolute Gasteiger partial charge is 0.485 e. The van der Waals surface area contributed by atoms with Crippen LogP contribution < -0.4 is 9.47 Å². The smallest absolute Gasteiger partial charge is 0.260 e. The number of para-hydroxylation sites is 2. The highest BCUT2D eigenvalue weighted by atomic mass is 19.1. The third kappa shape index (κ3) is 5.51. The number of hydrogen-bond donors (Lipinski definition) is 0. The molecule has 1 saturated heterocycles. The zero-order valence-corrected chi connectivity index (χ0v) is 18.5. The highest BCUT2D eigenvalue weighted by Crippen LogP contribution is 2.27. The number of halogens is 2. The molecule has 0 radical (unpaired) electrons. The number of hydrogen-bond acceptors (Lipinski definition) is 4. The highest BCUT2D eigenvalue weighted by Gasteiger charge is 2.28. The summed E-state index contributed by atoms with van der Waals surface area (Å²) in [6.45, 7) is 1.02. The Morgan fingerprint density at radius 2 is 1.26 bits per heavy atom. The lowest BCUT2D eigenvalue weighted by Gasteiger charge is -2.34. The van der Waals surface area contributed by atoms with Crippen molar-refractivity contribution in [3.05, 3.63) is 95.6 Å². The van der Waals surface area contributed by atoms with E-state index in [9.17, 15) is 18.4 Å². The van der Waals surface area contributed by atoms with Crippen molar-refractivity contribution < 1.29 is 27.8 Å². The van der Waals surface area contributed by atoms with Gasteiger partial charge in [-0.3, -0.25) is 9.59 Å². The average Bonchev–Trinajstić information content (AvgIpc) is 2.87. The van der Waals surface area contributed by atoms with Gasteiger partial charge in [0.2, 0.25) is 0 Å². The molecule has 4 rings (SSSR count). The van der Waals surface area contributed by atoms with Crippen LogP contribution in [0.5, 0.6) is 11.5 Å². The fraction of sp³-hybridized carbons (Fsp3) is 0.231. The molecule has 1 fully saturated rings. The molecule has 1 aliphatic rings. The van der Waals surface area contributed by atoms with Gasteiger partial charge in [0.1, 0.15) is 23.8 Å². The quantitative estimate of drug-likeness (QED) is 0.530. The molecule has 0 N–H and O–H groups in total. The minimum Gasteiger partial charge on any atom is -0.485 e. The van der Waals surface area contributed by atoms with Crippen LogP contribution in [-0.4, -0.2) is 54.4 Å². The molecule has 0 unspecified atom stereocenters. The molecule has 0 atom stereocenters. The number of benzene rings is 3. The number of ether oxygens (including phenoxy) is 2. The van der Waals surface area contributed by atoms with Gasteiger partial charge in [-0.25, -0.2) is 8.78 Å². The molecular formula is C26H24F2N2O4. The van der Waals surface area contributed by atoms with Gasteiger partial charge in [0.15, 0.2) is 18.1 Å². The Morgan fingerprint density at radius 1 is 0.706 bits per heavy atom. The molecule has 6 nitrogen and oxygen atoms in total. The van der Waals surface area contributed by atoms with E-state index < -0.39 is 23.1 Å². The van der Waals surface area contributed by atoms with E-state index in [0.29, 0.717) is 18.1 Å². The summed E-state index contributed by atoms with van der Waals surface area (Å²) < 4.78 is 39.4. The maximum atomic E-state index is 13.9. The van der Waals surface area contributed by atoms with Crippen molar-refractivity contribution in [1.82, 2.24) is 9.80 Å². The molecule has 0 spiro atoms. The van der Waals surface area contributed by atoms with Gasteiger partial charge < -0.3 is 19.3 Å². The molecule has 0 bridgehead atoms. The first-order chi connectivity index (χ1) is 16.5. The molecule has 2 amide bonds. The van der Waals surface area contributed by atoms with Crippen molar-refractivity contribution >= 4 is 11.8 Å². The first-order valence-corrected chi connectivity index (χ1v) is 10.9. The number of carbonyl (C=O) groups is 2. The molecule has 0 aliphatic carbocycles. The van der Waals surface area contributed by atoms with Crippen LogP contribution in [0.15, 0.2) is 72.8 Å². The fourth-order valence-corrected chi connectivity index (χ4v) is 3.67. The predicted molar refractivity (Wildman–Crippen MR) is 122 cm³/mol. The van der Waals surface area contributed by atoms with Crippen LogP contribution >= 0.6 is 0 Å². The normalized spacial score (nSPS) is 13.5. The van der Waals surface area contributed by atoms with Crippen LogP contribution in [0.2, 0.25) is 0 Å². The summed E-state index contributed by atoms with van der Waals surface area (Å²) in [6.07, 6.45) is 0. The lowest BCUT2D eigenvalue weighted by Crippen LogP contribution is -2.51. The third-order valence-electron chi connectivity index (χ3n) is 5.53. The predicted octanol–water partition coefficient (Wildman–Crippen LogP) is 3.91. The molecule has 3 aromatic rings. The SMILES string of the molecule is O=C(COc1ccccc1OCc1ccccc1)N1CCN(C(=O)c2c(F)cccc2F)CC1. The van der Waals surface area contributed by atoms with E-state index in [1.54, 1.807) is 23.1 Å². The molecule has 1 aliphatic heterocycles. The van der Waals surface area contributed by atoms with E-state index >= 15 is 0 Å². The second-order valence-electron chi connectivity index (χ2n) is 7.78. The van der Waals surface area contributed by atoms with Crippen LogP contribution in [0.25, 0.3) is 0 Å². The van der Waals surface area contributed by atoms with Crippen LogP contribution in [0.3, 0.4) is 0 Å². The van der Waals surface area contributed by atoms with Gasteiger partial charge in [0, 0.05) is 26.2 Å². The Morgan fingerprint density at radius 3 is 1.91 bits per heavy atom. The Labute approximate surface area is 196 Å². The lowest BCUT2D eigenvalue weighted by molar-refractivity contribution is -0.134. The van der Waals surface area contributed by atoms with Crippen molar-refractivity contribution in [2.24, 2.45) is 0 Å². The number of amides is 2. The summed E-state index contributed by atoms with van der Waals surface area (Å²) in [4.78, 5) is 28.1. The van der Waals surface area contributed by atoms with Gasteiger partial charge in [-0.2, -0.15) is 0 Å². The van der Waals surface area contributed by atoms with Crippen molar-refractivity contribution in [1.29, 1.82) is 0 Å². The van der Waals surface area contributed by atoms with E-state index in [2.05, 4.69) is 0 Å². The number of piperazine rings is 1. The van der Waals surface area contributed by atoms with Crippen LogP contribution in [0, 0.1) is 11.6 Å². The van der Waals surface area contributed by atoms with Gasteiger partial charge in [-0.15, -0.1) is 0 Å².